The summed E-state index contributed by atoms with van der Waals surface area (Å²) >= 11 is 6.82. The maximum atomic E-state index is 14.6. The van der Waals surface area contributed by atoms with Crippen LogP contribution < -0.4 is 15.6 Å². The minimum absolute atomic E-state index is 0.0333. The number of carbonyl (C=O) groups excluding carboxylic acids is 1. The number of ether oxygens (including phenoxy) is 2. The Kier molecular flexibility index (Phi) is 7.07. The van der Waals surface area contributed by atoms with Crippen molar-refractivity contribution in [1.82, 2.24) is 25.2 Å². The molecule has 9 nitrogen and oxygen atoms in total. The second-order valence-corrected chi connectivity index (χ2v) is 10.7. The molecular formula is C21H24ClF4N5O4S. The monoisotopic (exact) mass is 553 g/mol. The van der Waals surface area contributed by atoms with Crippen molar-refractivity contribution in [3.8, 4) is 5.88 Å². The number of hydrogen-bond donors (Lipinski definition) is 2. The number of aromatic nitrogens is 3. The van der Waals surface area contributed by atoms with Crippen molar-refractivity contribution in [3.05, 3.63) is 21.3 Å². The third-order valence-electron chi connectivity index (χ3n) is 5.94. The predicted octanol–water partition coefficient (Wildman–Crippen LogP) is 3.88. The highest BCUT2D eigenvalue weighted by Crippen LogP contribution is 2.38. The fourth-order valence-corrected chi connectivity index (χ4v) is 5.07. The van der Waals surface area contributed by atoms with Gasteiger partial charge in [0.05, 0.1) is 12.1 Å². The van der Waals surface area contributed by atoms with Crippen LogP contribution in [0.3, 0.4) is 0 Å². The Morgan fingerprint density at radius 1 is 1.25 bits per heavy atom. The number of halogens is 5. The van der Waals surface area contributed by atoms with Gasteiger partial charge in [-0.1, -0.05) is 23.4 Å². The van der Waals surface area contributed by atoms with E-state index in [9.17, 15) is 27.2 Å². The molecule has 2 saturated heterocycles. The van der Waals surface area contributed by atoms with Crippen molar-refractivity contribution < 1.29 is 31.8 Å². The SMILES string of the molecule is CSc1nc2c(F)c(Cl)nc(O[C@H]([C@H]3NC[C@H]4CC[C@@H]3N4C(=O)OC(C)(C)C)C(F)(F)F)c2c(=O)[nH]1. The predicted molar refractivity (Wildman–Crippen MR) is 124 cm³/mol. The van der Waals surface area contributed by atoms with Gasteiger partial charge in [0, 0.05) is 12.6 Å². The summed E-state index contributed by atoms with van der Waals surface area (Å²) in [5.41, 5.74) is -2.34. The second-order valence-electron chi connectivity index (χ2n) is 9.52. The Labute approximate surface area is 212 Å². The number of carbonyl (C=O) groups is 1. The minimum atomic E-state index is -4.96. The Hall–Kier alpha value is -2.32. The summed E-state index contributed by atoms with van der Waals surface area (Å²) in [5, 5.41) is 1.46. The van der Waals surface area contributed by atoms with Crippen LogP contribution in [0.5, 0.6) is 5.88 Å². The molecule has 2 aromatic rings. The van der Waals surface area contributed by atoms with Crippen LogP contribution >= 0.6 is 23.4 Å². The van der Waals surface area contributed by atoms with Crippen molar-refractivity contribution in [2.45, 2.75) is 74.8 Å². The molecule has 2 fully saturated rings. The second kappa shape index (κ2) is 9.53. The summed E-state index contributed by atoms with van der Waals surface area (Å²) in [6.45, 7) is 5.07. The third kappa shape index (κ3) is 5.07. The molecule has 2 aliphatic heterocycles. The highest BCUT2D eigenvalue weighted by Gasteiger charge is 2.56. The van der Waals surface area contributed by atoms with Crippen molar-refractivity contribution >= 4 is 40.4 Å². The number of alkyl halides is 3. The molecule has 198 valence electrons. The normalized spacial score (nSPS) is 23.1. The zero-order valence-corrected chi connectivity index (χ0v) is 21.3. The van der Waals surface area contributed by atoms with Crippen LogP contribution in [0.1, 0.15) is 33.6 Å². The van der Waals surface area contributed by atoms with Gasteiger partial charge in [0.15, 0.2) is 16.1 Å². The molecule has 0 spiro atoms. The number of fused-ring (bicyclic) bond motifs is 3. The fourth-order valence-electron chi connectivity index (χ4n) is 4.53. The first-order chi connectivity index (χ1) is 16.7. The van der Waals surface area contributed by atoms with Crippen molar-refractivity contribution in [3.63, 3.8) is 0 Å². The molecule has 2 aromatic heterocycles. The number of nitrogens with one attached hydrogen (secondary N) is 2. The standard InChI is InChI=1S/C21H24ClF4N5O4S/c1-20(2,3)35-19(33)31-8-5-6-9(31)12(27-7-8)14(21(24,25)26)34-17-10-13(11(23)15(22)29-17)28-18(36-4)30-16(10)32/h8-9,12,14,27H,5-7H2,1-4H3,(H,28,30,32)/t8-,9+,12+,14-/m1/s1. The van der Waals surface area contributed by atoms with E-state index in [-0.39, 0.29) is 24.2 Å². The van der Waals surface area contributed by atoms with E-state index in [0.29, 0.717) is 6.42 Å². The van der Waals surface area contributed by atoms with Gasteiger partial charge in [-0.05, 0) is 39.9 Å². The Morgan fingerprint density at radius 3 is 2.56 bits per heavy atom. The van der Waals surface area contributed by atoms with Crippen LogP contribution in [-0.4, -0.2) is 74.8 Å². The Bertz CT molecular complexity index is 1240. The van der Waals surface area contributed by atoms with Crippen LogP contribution in [-0.2, 0) is 4.74 Å². The van der Waals surface area contributed by atoms with Crippen molar-refractivity contribution in [2.75, 3.05) is 12.8 Å². The fraction of sp³-hybridized carbons (Fsp3) is 0.619. The first-order valence-corrected chi connectivity index (χ1v) is 12.6. The number of thioether (sulfide) groups is 1. The van der Waals surface area contributed by atoms with Crippen LogP contribution in [0.15, 0.2) is 9.95 Å². The average Bonchev–Trinajstić information content (AvgIpc) is 3.07. The molecule has 36 heavy (non-hydrogen) atoms. The van der Waals surface area contributed by atoms with Crippen LogP contribution in [0, 0.1) is 5.82 Å². The van der Waals surface area contributed by atoms with Gasteiger partial charge in [-0.15, -0.1) is 0 Å². The molecule has 0 radical (unpaired) electrons. The summed E-state index contributed by atoms with van der Waals surface area (Å²) in [5.74, 6) is -1.97. The van der Waals surface area contributed by atoms with Gasteiger partial charge >= 0.3 is 12.3 Å². The maximum Gasteiger partial charge on any atom is 0.427 e. The number of amides is 1. The molecule has 0 aliphatic carbocycles. The lowest BCUT2D eigenvalue weighted by Gasteiger charge is -2.43. The average molecular weight is 554 g/mol. The van der Waals surface area contributed by atoms with E-state index in [0.717, 1.165) is 11.8 Å². The molecule has 2 bridgehead atoms. The van der Waals surface area contributed by atoms with Crippen LogP contribution in [0.25, 0.3) is 10.9 Å². The van der Waals surface area contributed by atoms with Crippen molar-refractivity contribution in [2.24, 2.45) is 0 Å². The summed E-state index contributed by atoms with van der Waals surface area (Å²) in [7, 11) is 0. The van der Waals surface area contributed by atoms with E-state index in [1.54, 1.807) is 27.0 Å². The highest BCUT2D eigenvalue weighted by molar-refractivity contribution is 7.98. The van der Waals surface area contributed by atoms with Gasteiger partial charge in [0.2, 0.25) is 12.0 Å². The molecule has 0 unspecified atom stereocenters. The van der Waals surface area contributed by atoms with Gasteiger partial charge in [-0.2, -0.15) is 18.2 Å². The lowest BCUT2D eigenvalue weighted by atomic mass is 9.98. The van der Waals surface area contributed by atoms with Gasteiger partial charge in [-0.25, -0.2) is 14.2 Å². The lowest BCUT2D eigenvalue weighted by Crippen LogP contribution is -2.67. The number of nitrogens with zero attached hydrogens (tertiary/aromatic N) is 3. The Morgan fingerprint density at radius 2 is 1.94 bits per heavy atom. The molecule has 2 aliphatic rings. The molecular weight excluding hydrogens is 530 g/mol. The zero-order chi connectivity index (χ0) is 26.6. The highest BCUT2D eigenvalue weighted by atomic mass is 35.5. The van der Waals surface area contributed by atoms with E-state index in [1.165, 1.54) is 4.90 Å². The number of hydrogen-bond acceptors (Lipinski definition) is 8. The topological polar surface area (TPSA) is 109 Å². The van der Waals surface area contributed by atoms with Gasteiger partial charge in [0.1, 0.15) is 16.5 Å². The number of aromatic amines is 1. The minimum Gasteiger partial charge on any atom is -0.462 e. The number of rotatable bonds is 4. The summed E-state index contributed by atoms with van der Waals surface area (Å²) < 4.78 is 68.5. The zero-order valence-electron chi connectivity index (χ0n) is 19.7. The lowest BCUT2D eigenvalue weighted by molar-refractivity contribution is -0.209. The van der Waals surface area contributed by atoms with Crippen molar-refractivity contribution in [1.29, 1.82) is 0 Å². The molecule has 4 atom stereocenters. The third-order valence-corrected chi connectivity index (χ3v) is 6.77. The number of piperazine rings is 1. The summed E-state index contributed by atoms with van der Waals surface area (Å²) in [6.07, 6.45) is -5.91. The Balaban J connectivity index is 1.75. The molecule has 2 N–H and O–H groups in total. The van der Waals surface area contributed by atoms with Crippen LogP contribution in [0.4, 0.5) is 22.4 Å². The van der Waals surface area contributed by atoms with E-state index in [2.05, 4.69) is 20.3 Å². The van der Waals surface area contributed by atoms with E-state index >= 15 is 0 Å². The molecule has 4 heterocycles. The summed E-state index contributed by atoms with van der Waals surface area (Å²) in [4.78, 5) is 36.7. The molecule has 4 rings (SSSR count). The van der Waals surface area contributed by atoms with Crippen LogP contribution in [0.2, 0.25) is 5.15 Å². The first kappa shape index (κ1) is 26.7. The van der Waals surface area contributed by atoms with E-state index < -0.39 is 69.4 Å². The van der Waals surface area contributed by atoms with E-state index in [1.807, 2.05) is 0 Å². The first-order valence-electron chi connectivity index (χ1n) is 11.0. The summed E-state index contributed by atoms with van der Waals surface area (Å²) in [6, 6.07) is -2.67. The van der Waals surface area contributed by atoms with Gasteiger partial charge < -0.3 is 19.8 Å². The molecule has 0 saturated carbocycles. The number of pyridine rings is 1. The molecule has 15 heteroatoms. The smallest absolute Gasteiger partial charge is 0.427 e. The largest absolute Gasteiger partial charge is 0.462 e. The molecule has 1 amide bonds. The quantitative estimate of drug-likeness (QED) is 0.254. The van der Waals surface area contributed by atoms with E-state index in [4.69, 9.17) is 21.1 Å². The number of H-pyrrole nitrogens is 1. The maximum absolute atomic E-state index is 14.6. The van der Waals surface area contributed by atoms with Gasteiger partial charge in [-0.3, -0.25) is 9.69 Å². The molecule has 0 aromatic carbocycles. The van der Waals surface area contributed by atoms with Gasteiger partial charge in [0.25, 0.3) is 5.56 Å².